The summed E-state index contributed by atoms with van der Waals surface area (Å²) in [7, 11) is 0. The highest BCUT2D eigenvalue weighted by Gasteiger charge is 2.27. The van der Waals surface area contributed by atoms with Gasteiger partial charge in [-0.1, -0.05) is 43.6 Å². The number of ether oxygens (including phenoxy) is 1. The Kier molecular flexibility index (Phi) is 5.99. The van der Waals surface area contributed by atoms with E-state index in [1.54, 1.807) is 6.07 Å². The molecule has 0 aliphatic rings. The number of rotatable bonds is 6. The third kappa shape index (κ3) is 4.17. The molecule has 0 saturated carbocycles. The zero-order valence-electron chi connectivity index (χ0n) is 15.9. The first-order valence-corrected chi connectivity index (χ1v) is 9.31. The van der Waals surface area contributed by atoms with Gasteiger partial charge in [-0.3, -0.25) is 4.79 Å². The van der Waals surface area contributed by atoms with Crippen molar-refractivity contribution in [2.24, 2.45) is 5.92 Å². The van der Waals surface area contributed by atoms with E-state index in [0.717, 1.165) is 16.5 Å². The van der Waals surface area contributed by atoms with E-state index in [1.165, 1.54) is 12.3 Å². The Hall–Kier alpha value is -2.86. The summed E-state index contributed by atoms with van der Waals surface area (Å²) in [5, 5.41) is 4.07. The number of carbonyl (C=O) groups excluding carboxylic acids is 2. The minimum atomic E-state index is -0.821. The fourth-order valence-corrected chi connectivity index (χ4v) is 3.06. The summed E-state index contributed by atoms with van der Waals surface area (Å²) in [6.07, 6.45) is 1.40. The minimum absolute atomic E-state index is 0.0802. The molecule has 7 heteroatoms. The molecule has 1 atom stereocenters. The molecule has 0 radical (unpaired) electrons. The molecule has 0 spiro atoms. The molecule has 1 amide bonds. The van der Waals surface area contributed by atoms with Crippen LogP contribution in [0, 0.1) is 12.8 Å². The maximum atomic E-state index is 12.6. The van der Waals surface area contributed by atoms with Gasteiger partial charge in [0.25, 0.3) is 5.91 Å². The first kappa shape index (κ1) is 19.9. The van der Waals surface area contributed by atoms with Crippen LogP contribution in [0.5, 0.6) is 0 Å². The SMILES string of the molecule is Cc1c(Cl)c(COC(=O)C(NC(=O)c2ccco2)C(C)C)nc2ccccc12. The smallest absolute Gasteiger partial charge is 0.329 e. The van der Waals surface area contributed by atoms with Crippen molar-refractivity contribution in [1.82, 2.24) is 10.3 Å². The van der Waals surface area contributed by atoms with E-state index < -0.39 is 17.9 Å². The first-order chi connectivity index (χ1) is 13.4. The highest BCUT2D eigenvalue weighted by atomic mass is 35.5. The molecule has 0 saturated heterocycles. The monoisotopic (exact) mass is 400 g/mol. The Balaban J connectivity index is 1.73. The van der Waals surface area contributed by atoms with Gasteiger partial charge in [0.15, 0.2) is 5.76 Å². The number of hydrogen-bond donors (Lipinski definition) is 1. The van der Waals surface area contributed by atoms with Crippen molar-refractivity contribution in [3.63, 3.8) is 0 Å². The number of nitrogens with one attached hydrogen (secondary N) is 1. The average Bonchev–Trinajstić information content (AvgIpc) is 3.22. The predicted molar refractivity (Wildman–Crippen MR) is 106 cm³/mol. The first-order valence-electron chi connectivity index (χ1n) is 8.93. The minimum Gasteiger partial charge on any atom is -0.459 e. The highest BCUT2D eigenvalue weighted by molar-refractivity contribution is 6.32. The predicted octanol–water partition coefficient (Wildman–Crippen LogP) is 4.29. The molecule has 1 aromatic carbocycles. The largest absolute Gasteiger partial charge is 0.459 e. The van der Waals surface area contributed by atoms with Gasteiger partial charge in [0.2, 0.25) is 0 Å². The summed E-state index contributed by atoms with van der Waals surface area (Å²) < 4.78 is 10.5. The molecule has 3 rings (SSSR count). The van der Waals surface area contributed by atoms with Gasteiger partial charge in [0.1, 0.15) is 12.6 Å². The summed E-state index contributed by atoms with van der Waals surface area (Å²) in [4.78, 5) is 29.3. The molecule has 0 aliphatic carbocycles. The zero-order valence-corrected chi connectivity index (χ0v) is 16.6. The van der Waals surface area contributed by atoms with Gasteiger partial charge in [-0.25, -0.2) is 9.78 Å². The van der Waals surface area contributed by atoms with Crippen molar-refractivity contribution in [3.05, 3.63) is 64.7 Å². The summed E-state index contributed by atoms with van der Waals surface area (Å²) in [5.74, 6) is -1.07. The van der Waals surface area contributed by atoms with Crippen LogP contribution in [0.1, 0.15) is 35.7 Å². The van der Waals surface area contributed by atoms with Crippen LogP contribution >= 0.6 is 11.6 Å². The Bertz CT molecular complexity index is 999. The Morgan fingerprint density at radius 1 is 1.21 bits per heavy atom. The maximum absolute atomic E-state index is 12.6. The maximum Gasteiger partial charge on any atom is 0.329 e. The van der Waals surface area contributed by atoms with Crippen LogP contribution in [-0.2, 0) is 16.1 Å². The molecule has 6 nitrogen and oxygen atoms in total. The van der Waals surface area contributed by atoms with Crippen molar-refractivity contribution in [3.8, 4) is 0 Å². The van der Waals surface area contributed by atoms with Crippen LogP contribution in [0.2, 0.25) is 5.02 Å². The van der Waals surface area contributed by atoms with E-state index >= 15 is 0 Å². The molecule has 28 heavy (non-hydrogen) atoms. The number of carbonyl (C=O) groups is 2. The number of nitrogens with zero attached hydrogens (tertiary/aromatic N) is 1. The molecule has 0 bridgehead atoms. The van der Waals surface area contributed by atoms with Crippen LogP contribution in [0.3, 0.4) is 0 Å². The van der Waals surface area contributed by atoms with Gasteiger partial charge >= 0.3 is 5.97 Å². The number of fused-ring (bicyclic) bond motifs is 1. The van der Waals surface area contributed by atoms with E-state index in [-0.39, 0.29) is 18.3 Å². The van der Waals surface area contributed by atoms with Crippen molar-refractivity contribution < 1.29 is 18.7 Å². The van der Waals surface area contributed by atoms with Crippen LogP contribution < -0.4 is 5.32 Å². The molecule has 2 aromatic heterocycles. The van der Waals surface area contributed by atoms with Crippen molar-refractivity contribution in [2.45, 2.75) is 33.4 Å². The summed E-state index contributed by atoms with van der Waals surface area (Å²) >= 11 is 6.41. The lowest BCUT2D eigenvalue weighted by atomic mass is 10.0. The average molecular weight is 401 g/mol. The Labute approximate surface area is 167 Å². The number of aryl methyl sites for hydroxylation is 1. The van der Waals surface area contributed by atoms with Crippen LogP contribution in [0.15, 0.2) is 47.1 Å². The van der Waals surface area contributed by atoms with Crippen molar-refractivity contribution in [2.75, 3.05) is 0 Å². The number of esters is 1. The molecule has 1 unspecified atom stereocenters. The number of benzene rings is 1. The van der Waals surface area contributed by atoms with Gasteiger partial charge in [-0.15, -0.1) is 0 Å². The molecular weight excluding hydrogens is 380 g/mol. The van der Waals surface area contributed by atoms with Crippen LogP contribution in [-0.4, -0.2) is 22.9 Å². The standard InChI is InChI=1S/C21H21ClN2O4/c1-12(2)19(24-20(25)17-9-6-10-27-17)21(26)28-11-16-18(22)13(3)14-7-4-5-8-15(14)23-16/h4-10,12,19H,11H2,1-3H3,(H,24,25). The summed E-state index contributed by atoms with van der Waals surface area (Å²) in [5.41, 5.74) is 2.14. The molecule has 2 heterocycles. The lowest BCUT2D eigenvalue weighted by Crippen LogP contribution is -2.45. The number of aromatic nitrogens is 1. The normalized spacial score (nSPS) is 12.2. The van der Waals surface area contributed by atoms with Gasteiger partial charge in [-0.05, 0) is 36.6 Å². The van der Waals surface area contributed by atoms with Gasteiger partial charge in [0, 0.05) is 5.39 Å². The Morgan fingerprint density at radius 3 is 2.64 bits per heavy atom. The fraction of sp³-hybridized carbons (Fsp3) is 0.286. The number of hydrogen-bond acceptors (Lipinski definition) is 5. The van der Waals surface area contributed by atoms with E-state index in [2.05, 4.69) is 10.3 Å². The number of para-hydroxylation sites is 1. The van der Waals surface area contributed by atoms with Gasteiger partial charge in [-0.2, -0.15) is 0 Å². The van der Waals surface area contributed by atoms with E-state index in [9.17, 15) is 9.59 Å². The molecule has 146 valence electrons. The van der Waals surface area contributed by atoms with Gasteiger partial charge < -0.3 is 14.5 Å². The topological polar surface area (TPSA) is 81.4 Å². The van der Waals surface area contributed by atoms with E-state index in [4.69, 9.17) is 20.8 Å². The third-order valence-corrected chi connectivity index (χ3v) is 4.95. The molecule has 0 aliphatic heterocycles. The molecule has 3 aromatic rings. The zero-order chi connectivity index (χ0) is 20.3. The van der Waals surface area contributed by atoms with Gasteiger partial charge in [0.05, 0.1) is 22.5 Å². The quantitative estimate of drug-likeness (QED) is 0.624. The lowest BCUT2D eigenvalue weighted by molar-refractivity contribution is -0.148. The van der Waals surface area contributed by atoms with Crippen LogP contribution in [0.25, 0.3) is 10.9 Å². The number of pyridine rings is 1. The second kappa shape index (κ2) is 8.44. The second-order valence-electron chi connectivity index (χ2n) is 6.79. The van der Waals surface area contributed by atoms with Crippen molar-refractivity contribution in [1.29, 1.82) is 0 Å². The lowest BCUT2D eigenvalue weighted by Gasteiger charge is -2.20. The molecule has 0 fully saturated rings. The van der Waals surface area contributed by atoms with E-state index in [1.807, 2.05) is 45.0 Å². The number of amides is 1. The highest BCUT2D eigenvalue weighted by Crippen LogP contribution is 2.27. The van der Waals surface area contributed by atoms with E-state index in [0.29, 0.717) is 10.7 Å². The molecular formula is C21H21ClN2O4. The third-order valence-electron chi connectivity index (χ3n) is 4.45. The van der Waals surface area contributed by atoms with Crippen LogP contribution in [0.4, 0.5) is 0 Å². The molecule has 1 N–H and O–H groups in total. The second-order valence-corrected chi connectivity index (χ2v) is 7.17. The number of furan rings is 1. The van der Waals surface area contributed by atoms with Crippen molar-refractivity contribution >= 4 is 34.4 Å². The summed E-state index contributed by atoms with van der Waals surface area (Å²) in [6.45, 7) is 5.46. The number of halogens is 1. The summed E-state index contributed by atoms with van der Waals surface area (Å²) in [6, 6.07) is 9.94. The fourth-order valence-electron chi connectivity index (χ4n) is 2.86. The Morgan fingerprint density at radius 2 is 1.96 bits per heavy atom.